The minimum absolute atomic E-state index is 0.0138. The predicted molar refractivity (Wildman–Crippen MR) is 45.2 cm³/mol. The first kappa shape index (κ1) is 8.11. The van der Waals surface area contributed by atoms with Gasteiger partial charge in [-0.15, -0.1) is 0 Å². The third-order valence-electron chi connectivity index (χ3n) is 1.51. The molecule has 1 heterocycles. The number of nitrogens with zero attached hydrogens (tertiary/aromatic N) is 4. The van der Waals surface area contributed by atoms with Crippen molar-refractivity contribution >= 4 is 27.0 Å². The van der Waals surface area contributed by atoms with E-state index in [1.165, 1.54) is 6.07 Å². The van der Waals surface area contributed by atoms with Crippen LogP contribution in [0.3, 0.4) is 0 Å². The van der Waals surface area contributed by atoms with Gasteiger partial charge in [-0.1, -0.05) is 6.07 Å². The molecule has 1 aromatic carbocycles. The summed E-state index contributed by atoms with van der Waals surface area (Å²) in [5, 5.41) is 28.3. The molecule has 0 unspecified atom stereocenters. The molecule has 0 atom stereocenters. The zero-order valence-electron chi connectivity index (χ0n) is 6.22. The summed E-state index contributed by atoms with van der Waals surface area (Å²) in [5.41, 5.74) is 0.545. The Hall–Kier alpha value is -1.50. The first-order valence-electron chi connectivity index (χ1n) is 3.35. The second-order valence-electron chi connectivity index (χ2n) is 2.32. The minimum atomic E-state index is -0.0138. The average Bonchev–Trinajstić information content (AvgIpc) is 2.07. The predicted octanol–water partition coefficient (Wildman–Crippen LogP) is -0.341. The average molecular weight is 243 g/mol. The van der Waals surface area contributed by atoms with Crippen molar-refractivity contribution in [1.29, 1.82) is 0 Å². The topological polar surface area (TPSA) is 79.7 Å². The smallest absolute Gasteiger partial charge is 0.326 e. The van der Waals surface area contributed by atoms with E-state index in [2.05, 4.69) is 26.2 Å². The molecule has 7 heteroatoms. The molecule has 1 aromatic heterocycles. The number of hydrogen-bond donors (Lipinski definition) is 0. The maximum Gasteiger partial charge on any atom is 0.326 e. The fourth-order valence-corrected chi connectivity index (χ4v) is 1.42. The van der Waals surface area contributed by atoms with Crippen LogP contribution in [-0.4, -0.2) is 10.3 Å². The number of benzene rings is 1. The van der Waals surface area contributed by atoms with Crippen LogP contribution in [0.1, 0.15) is 0 Å². The summed E-state index contributed by atoms with van der Waals surface area (Å²) in [6.45, 7) is 0. The van der Waals surface area contributed by atoms with Gasteiger partial charge in [0.1, 0.15) is 4.96 Å². The summed E-state index contributed by atoms with van der Waals surface area (Å²) in [6.07, 6.45) is 0. The number of halogens is 1. The van der Waals surface area contributed by atoms with E-state index >= 15 is 0 Å². The summed E-state index contributed by atoms with van der Waals surface area (Å²) in [5.74, 6) is 0. The Kier molecular flexibility index (Phi) is 1.73. The SMILES string of the molecule is [O-][n+]1nc2c(Br)cccc2[n+]([O-])n1. The molecule has 0 N–H and O–H groups in total. The molecule has 0 fully saturated rings. The highest BCUT2D eigenvalue weighted by molar-refractivity contribution is 9.10. The maximum absolute atomic E-state index is 11.1. The van der Waals surface area contributed by atoms with Gasteiger partial charge in [-0.3, -0.25) is 0 Å². The van der Waals surface area contributed by atoms with E-state index in [-0.39, 0.29) is 15.3 Å². The molecule has 0 saturated carbocycles. The third-order valence-corrected chi connectivity index (χ3v) is 2.15. The summed E-state index contributed by atoms with van der Waals surface area (Å²) in [7, 11) is 0. The zero-order chi connectivity index (χ0) is 9.42. The molecule has 13 heavy (non-hydrogen) atoms. The summed E-state index contributed by atoms with van der Waals surface area (Å²) < 4.78 is 0.585. The molecule has 66 valence electrons. The fourth-order valence-electron chi connectivity index (χ4n) is 0.981. The van der Waals surface area contributed by atoms with Crippen LogP contribution in [0.2, 0.25) is 0 Å². The van der Waals surface area contributed by atoms with Gasteiger partial charge < -0.3 is 10.4 Å². The van der Waals surface area contributed by atoms with Crippen molar-refractivity contribution in [3.05, 3.63) is 33.1 Å². The minimum Gasteiger partial charge on any atom is -0.590 e. The van der Waals surface area contributed by atoms with Crippen LogP contribution in [-0.2, 0) is 0 Å². The van der Waals surface area contributed by atoms with Crippen molar-refractivity contribution in [2.45, 2.75) is 0 Å². The van der Waals surface area contributed by atoms with E-state index in [0.717, 1.165) is 0 Å². The van der Waals surface area contributed by atoms with Crippen LogP contribution in [0.4, 0.5) is 0 Å². The molecule has 2 rings (SSSR count). The second kappa shape index (κ2) is 2.77. The van der Waals surface area contributed by atoms with Crippen LogP contribution < -0.4 is 9.80 Å². The van der Waals surface area contributed by atoms with Crippen LogP contribution in [0.25, 0.3) is 11.0 Å². The molecule has 0 spiro atoms. The number of fused-ring (bicyclic) bond motifs is 1. The molecule has 6 nitrogen and oxygen atoms in total. The van der Waals surface area contributed by atoms with Crippen LogP contribution >= 0.6 is 15.9 Å². The quantitative estimate of drug-likeness (QED) is 0.468. The van der Waals surface area contributed by atoms with Crippen molar-refractivity contribution in [2.24, 2.45) is 0 Å². The van der Waals surface area contributed by atoms with Gasteiger partial charge in [-0.25, -0.2) is 0 Å². The normalized spacial score (nSPS) is 10.5. The number of rotatable bonds is 0. The highest BCUT2D eigenvalue weighted by Crippen LogP contribution is 2.16. The van der Waals surface area contributed by atoms with E-state index in [4.69, 9.17) is 0 Å². The van der Waals surface area contributed by atoms with Crippen molar-refractivity contribution in [2.75, 3.05) is 0 Å². The van der Waals surface area contributed by atoms with E-state index in [0.29, 0.717) is 9.99 Å². The molecule has 0 aliphatic rings. The second-order valence-corrected chi connectivity index (χ2v) is 3.18. The molecule has 0 bridgehead atoms. The first-order chi connectivity index (χ1) is 6.18. The summed E-state index contributed by atoms with van der Waals surface area (Å²) in [6, 6.07) is 4.89. The van der Waals surface area contributed by atoms with Crippen molar-refractivity contribution < 1.29 is 9.80 Å². The van der Waals surface area contributed by atoms with Gasteiger partial charge in [0.2, 0.25) is 5.52 Å². The first-order valence-corrected chi connectivity index (χ1v) is 4.14. The number of hydrogen-bond acceptors (Lipinski definition) is 4. The van der Waals surface area contributed by atoms with Gasteiger partial charge in [0.05, 0.1) is 9.57 Å². The van der Waals surface area contributed by atoms with Gasteiger partial charge in [0, 0.05) is 10.9 Å². The molecule has 2 aromatic rings. The van der Waals surface area contributed by atoms with Gasteiger partial charge in [-0.05, 0) is 22.0 Å². The maximum atomic E-state index is 11.1. The molecule has 0 aliphatic heterocycles. The molecule has 0 amide bonds. The highest BCUT2D eigenvalue weighted by Gasteiger charge is 2.14. The molecule has 0 aliphatic carbocycles. The molecule has 0 radical (unpaired) electrons. The van der Waals surface area contributed by atoms with Gasteiger partial charge >= 0.3 is 5.21 Å². The Morgan fingerprint density at radius 3 is 2.85 bits per heavy atom. The fraction of sp³-hybridized carbons (Fsp3) is 0. The Morgan fingerprint density at radius 2 is 2.08 bits per heavy atom. The monoisotopic (exact) mass is 242 g/mol. The third kappa shape index (κ3) is 1.26. The van der Waals surface area contributed by atoms with Gasteiger partial charge in [0.25, 0.3) is 5.52 Å². The lowest BCUT2D eigenvalue weighted by atomic mass is 10.3. The largest absolute Gasteiger partial charge is 0.590 e. The van der Waals surface area contributed by atoms with Crippen LogP contribution in [0, 0.1) is 10.4 Å². The summed E-state index contributed by atoms with van der Waals surface area (Å²) in [4.78, 5) is 0.222. The van der Waals surface area contributed by atoms with E-state index in [1.54, 1.807) is 12.1 Å². The molecular formula is C6H3BrN4O2. The Labute approximate surface area is 80.7 Å². The Morgan fingerprint density at radius 1 is 1.31 bits per heavy atom. The van der Waals surface area contributed by atoms with Crippen molar-refractivity contribution in [3.63, 3.8) is 0 Å². The van der Waals surface area contributed by atoms with E-state index in [9.17, 15) is 10.4 Å². The van der Waals surface area contributed by atoms with Gasteiger partial charge in [0.15, 0.2) is 0 Å². The summed E-state index contributed by atoms with van der Waals surface area (Å²) >= 11 is 3.17. The van der Waals surface area contributed by atoms with E-state index < -0.39 is 0 Å². The lowest BCUT2D eigenvalue weighted by molar-refractivity contribution is -0.863. The van der Waals surface area contributed by atoms with Crippen LogP contribution in [0.15, 0.2) is 22.7 Å². The lowest BCUT2D eigenvalue weighted by Gasteiger charge is -1.96. The van der Waals surface area contributed by atoms with E-state index in [1.807, 2.05) is 0 Å². The standard InChI is InChI=1S/C6H3BrN4O2/c7-4-2-1-3-5-6(4)8-11(13)9-10(5)12/h1-3H. The lowest BCUT2D eigenvalue weighted by Crippen LogP contribution is -2.50. The Bertz CT molecular complexity index is 475. The molecule has 0 saturated heterocycles. The van der Waals surface area contributed by atoms with Gasteiger partial charge in [-0.2, -0.15) is 0 Å². The number of aromatic nitrogens is 4. The van der Waals surface area contributed by atoms with Crippen molar-refractivity contribution in [3.8, 4) is 0 Å². The molecular weight excluding hydrogens is 240 g/mol. The van der Waals surface area contributed by atoms with Crippen LogP contribution in [0.5, 0.6) is 0 Å². The Balaban J connectivity index is 2.94. The highest BCUT2D eigenvalue weighted by atomic mass is 79.9. The van der Waals surface area contributed by atoms with Crippen molar-refractivity contribution in [1.82, 2.24) is 10.3 Å². The zero-order valence-corrected chi connectivity index (χ0v) is 7.80.